The number of nitrogens with one attached hydrogen (secondary N) is 1. The van der Waals surface area contributed by atoms with Gasteiger partial charge in [-0.2, -0.15) is 0 Å². The van der Waals surface area contributed by atoms with E-state index in [1.165, 1.54) is 14.1 Å². The minimum Gasteiger partial charge on any atom is -0.313 e. The molecule has 0 aromatic carbocycles. The second kappa shape index (κ2) is 5.16. The molecule has 2 aliphatic rings. The Bertz CT molecular complexity index is 425. The molecule has 2 aliphatic heterocycles. The number of carbonyl (C=O) groups is 3. The normalized spacial score (nSPS) is 32.7. The second-order valence-electron chi connectivity index (χ2n) is 6.29. The van der Waals surface area contributed by atoms with Crippen molar-refractivity contribution in [2.45, 2.75) is 26.8 Å². The van der Waals surface area contributed by atoms with Gasteiger partial charge in [0, 0.05) is 20.1 Å². The number of urea groups is 1. The van der Waals surface area contributed by atoms with Crippen molar-refractivity contribution in [3.05, 3.63) is 0 Å². The Morgan fingerprint density at radius 2 is 1.60 bits per heavy atom. The zero-order valence-corrected chi connectivity index (χ0v) is 12.7. The largest absolute Gasteiger partial charge is 0.332 e. The Kier molecular flexibility index (Phi) is 3.86. The van der Waals surface area contributed by atoms with E-state index < -0.39 is 11.9 Å². The van der Waals surface area contributed by atoms with Crippen molar-refractivity contribution < 1.29 is 14.4 Å². The van der Waals surface area contributed by atoms with Crippen molar-refractivity contribution in [1.82, 2.24) is 15.1 Å². The summed E-state index contributed by atoms with van der Waals surface area (Å²) < 4.78 is 0. The summed E-state index contributed by atoms with van der Waals surface area (Å²) in [6, 6.07) is -0.422. The summed E-state index contributed by atoms with van der Waals surface area (Å²) in [4.78, 5) is 38.8. The van der Waals surface area contributed by atoms with E-state index in [9.17, 15) is 14.4 Å². The number of amides is 4. The molecule has 0 aromatic rings. The molecule has 112 valence electrons. The summed E-state index contributed by atoms with van der Waals surface area (Å²) in [6.45, 7) is 7.01. The highest BCUT2D eigenvalue weighted by Gasteiger charge is 2.52. The van der Waals surface area contributed by atoms with Crippen molar-refractivity contribution in [1.29, 1.82) is 0 Å². The monoisotopic (exact) mass is 281 g/mol. The highest BCUT2D eigenvalue weighted by Crippen LogP contribution is 2.36. The van der Waals surface area contributed by atoms with E-state index in [2.05, 4.69) is 26.1 Å². The molecule has 2 rings (SSSR count). The summed E-state index contributed by atoms with van der Waals surface area (Å²) in [5.74, 6) is -0.990. The smallest absolute Gasteiger partial charge is 0.313 e. The molecule has 20 heavy (non-hydrogen) atoms. The van der Waals surface area contributed by atoms with Gasteiger partial charge in [-0.1, -0.05) is 20.8 Å². The molecular formula is C14H23N3O3. The van der Waals surface area contributed by atoms with Crippen LogP contribution < -0.4 is 5.32 Å². The summed E-state index contributed by atoms with van der Waals surface area (Å²) in [6.07, 6.45) is 0. The lowest BCUT2D eigenvalue weighted by Crippen LogP contribution is -2.60. The molecule has 4 amide bonds. The number of hydrogen-bond acceptors (Lipinski definition) is 4. The van der Waals surface area contributed by atoms with Gasteiger partial charge >= 0.3 is 6.03 Å². The highest BCUT2D eigenvalue weighted by atomic mass is 16.2. The Morgan fingerprint density at radius 1 is 1.10 bits per heavy atom. The SMILES string of the molecule is CC(C)C1NCC(C)C1C1C(=O)N(C)C(=O)N(C)C1=O. The summed E-state index contributed by atoms with van der Waals surface area (Å²) in [5.41, 5.74) is 0. The van der Waals surface area contributed by atoms with Crippen LogP contribution in [0.5, 0.6) is 0 Å². The standard InChI is InChI=1S/C14H23N3O3/c1-7(2)11-9(8(3)6-15-11)10-12(18)16(4)14(20)17(5)13(10)19/h7-11,15H,6H2,1-5H3. The maximum atomic E-state index is 12.4. The number of barbiturate groups is 1. The molecule has 6 nitrogen and oxygen atoms in total. The quantitative estimate of drug-likeness (QED) is 0.750. The first-order valence-electron chi connectivity index (χ1n) is 7.09. The molecule has 3 atom stereocenters. The van der Waals surface area contributed by atoms with Crippen LogP contribution in [0.3, 0.4) is 0 Å². The highest BCUT2D eigenvalue weighted by molar-refractivity contribution is 6.16. The minimum atomic E-state index is -0.750. The van der Waals surface area contributed by atoms with E-state index in [1.54, 1.807) is 0 Å². The molecule has 0 saturated carbocycles. The van der Waals surface area contributed by atoms with Crippen LogP contribution in [0.4, 0.5) is 4.79 Å². The van der Waals surface area contributed by atoms with Gasteiger partial charge in [0.1, 0.15) is 5.92 Å². The average Bonchev–Trinajstić information content (AvgIpc) is 2.77. The number of imide groups is 2. The predicted octanol–water partition coefficient (Wildman–Crippen LogP) is 0.533. The Hall–Kier alpha value is -1.43. The molecule has 3 unspecified atom stereocenters. The molecule has 6 heteroatoms. The van der Waals surface area contributed by atoms with Crippen LogP contribution in [-0.4, -0.2) is 54.3 Å². The zero-order chi connectivity index (χ0) is 15.2. The fourth-order valence-corrected chi connectivity index (χ4v) is 3.43. The lowest BCUT2D eigenvalue weighted by Gasteiger charge is -2.39. The second-order valence-corrected chi connectivity index (χ2v) is 6.29. The molecule has 0 aromatic heterocycles. The van der Waals surface area contributed by atoms with Gasteiger partial charge in [0.05, 0.1) is 0 Å². The molecular weight excluding hydrogens is 258 g/mol. The van der Waals surface area contributed by atoms with Crippen LogP contribution in [0.15, 0.2) is 0 Å². The number of carbonyl (C=O) groups excluding carboxylic acids is 3. The van der Waals surface area contributed by atoms with Crippen LogP contribution >= 0.6 is 0 Å². The summed E-state index contributed by atoms with van der Waals surface area (Å²) >= 11 is 0. The Morgan fingerprint density at radius 3 is 2.05 bits per heavy atom. The molecule has 0 aliphatic carbocycles. The number of hydrogen-bond donors (Lipinski definition) is 1. The van der Waals surface area contributed by atoms with Crippen molar-refractivity contribution in [3.63, 3.8) is 0 Å². The topological polar surface area (TPSA) is 69.7 Å². The van der Waals surface area contributed by atoms with Gasteiger partial charge in [-0.3, -0.25) is 19.4 Å². The zero-order valence-electron chi connectivity index (χ0n) is 12.7. The van der Waals surface area contributed by atoms with Gasteiger partial charge in [-0.25, -0.2) is 4.79 Å². The van der Waals surface area contributed by atoms with Crippen LogP contribution in [0.1, 0.15) is 20.8 Å². The third-order valence-electron chi connectivity index (χ3n) is 4.62. The lowest BCUT2D eigenvalue weighted by molar-refractivity contribution is -0.151. The molecule has 0 bridgehead atoms. The number of nitrogens with zero attached hydrogens (tertiary/aromatic N) is 2. The fourth-order valence-electron chi connectivity index (χ4n) is 3.43. The van der Waals surface area contributed by atoms with Crippen molar-refractivity contribution in [2.75, 3.05) is 20.6 Å². The first kappa shape index (κ1) is 15.0. The molecule has 2 heterocycles. The minimum absolute atomic E-state index is 0.0620. The predicted molar refractivity (Wildman–Crippen MR) is 73.7 cm³/mol. The maximum Gasteiger partial charge on any atom is 0.332 e. The third-order valence-corrected chi connectivity index (χ3v) is 4.62. The van der Waals surface area contributed by atoms with Gasteiger partial charge in [0.25, 0.3) is 0 Å². The van der Waals surface area contributed by atoms with Gasteiger partial charge in [-0.15, -0.1) is 0 Å². The van der Waals surface area contributed by atoms with Gasteiger partial charge < -0.3 is 5.32 Å². The van der Waals surface area contributed by atoms with Crippen molar-refractivity contribution in [3.8, 4) is 0 Å². The van der Waals surface area contributed by atoms with Gasteiger partial charge in [-0.05, 0) is 24.3 Å². The molecule has 2 fully saturated rings. The average molecular weight is 281 g/mol. The van der Waals surface area contributed by atoms with E-state index in [-0.39, 0.29) is 29.7 Å². The van der Waals surface area contributed by atoms with E-state index in [0.29, 0.717) is 5.92 Å². The molecule has 0 spiro atoms. The number of rotatable bonds is 2. The van der Waals surface area contributed by atoms with Crippen LogP contribution in [-0.2, 0) is 9.59 Å². The fraction of sp³-hybridized carbons (Fsp3) is 0.786. The van der Waals surface area contributed by atoms with E-state index in [4.69, 9.17) is 0 Å². The lowest BCUT2D eigenvalue weighted by atomic mass is 9.75. The molecule has 1 N–H and O–H groups in total. The van der Waals surface area contributed by atoms with Crippen molar-refractivity contribution >= 4 is 17.8 Å². The van der Waals surface area contributed by atoms with Crippen molar-refractivity contribution in [2.24, 2.45) is 23.7 Å². The van der Waals surface area contributed by atoms with Crippen LogP contribution in [0, 0.1) is 23.7 Å². The van der Waals surface area contributed by atoms with Gasteiger partial charge in [0.2, 0.25) is 11.8 Å². The van der Waals surface area contributed by atoms with Gasteiger partial charge in [0.15, 0.2) is 0 Å². The van der Waals surface area contributed by atoms with E-state index in [0.717, 1.165) is 16.3 Å². The summed E-state index contributed by atoms with van der Waals surface area (Å²) in [7, 11) is 2.88. The first-order chi connectivity index (χ1) is 9.27. The molecule has 0 radical (unpaired) electrons. The third kappa shape index (κ3) is 2.12. The molecule has 2 saturated heterocycles. The Balaban J connectivity index is 2.36. The summed E-state index contributed by atoms with van der Waals surface area (Å²) in [5, 5.41) is 3.41. The first-order valence-corrected chi connectivity index (χ1v) is 7.09. The van der Waals surface area contributed by atoms with E-state index in [1.807, 2.05) is 0 Å². The maximum absolute atomic E-state index is 12.4. The van der Waals surface area contributed by atoms with Crippen LogP contribution in [0.25, 0.3) is 0 Å². The van der Waals surface area contributed by atoms with E-state index >= 15 is 0 Å². The van der Waals surface area contributed by atoms with Crippen LogP contribution in [0.2, 0.25) is 0 Å². The Labute approximate surface area is 119 Å².